The summed E-state index contributed by atoms with van der Waals surface area (Å²) in [5, 5.41) is 6.44. The van der Waals surface area contributed by atoms with Crippen LogP contribution in [0.25, 0.3) is 0 Å². The number of nitrogens with zero attached hydrogens (tertiary/aromatic N) is 1. The number of hydrogen-bond acceptors (Lipinski definition) is 3. The molecular weight excluding hydrogens is 318 g/mol. The van der Waals surface area contributed by atoms with Crippen molar-refractivity contribution in [3.8, 4) is 0 Å². The smallest absolute Gasteiger partial charge is 0.234 e. The van der Waals surface area contributed by atoms with Crippen LogP contribution in [0.1, 0.15) is 25.5 Å². The van der Waals surface area contributed by atoms with Crippen molar-refractivity contribution >= 4 is 21.8 Å². The predicted octanol–water partition coefficient (Wildman–Crippen LogP) is 1.92. The van der Waals surface area contributed by atoms with Gasteiger partial charge in [0.1, 0.15) is 0 Å². The van der Waals surface area contributed by atoms with Crippen LogP contribution in [0, 0.1) is 0 Å². The number of amides is 1. The number of halogens is 1. The Kier molecular flexibility index (Phi) is 5.57. The van der Waals surface area contributed by atoms with Crippen molar-refractivity contribution < 1.29 is 4.79 Å². The predicted molar refractivity (Wildman–Crippen MR) is 84.6 cm³/mol. The van der Waals surface area contributed by atoms with Gasteiger partial charge in [0.05, 0.1) is 12.6 Å². The zero-order valence-electron chi connectivity index (χ0n) is 12.0. The van der Waals surface area contributed by atoms with E-state index in [4.69, 9.17) is 0 Å². The molecule has 0 saturated carbocycles. The fourth-order valence-electron chi connectivity index (χ4n) is 2.48. The zero-order valence-corrected chi connectivity index (χ0v) is 13.6. The molecule has 1 aliphatic rings. The van der Waals surface area contributed by atoms with Crippen LogP contribution in [0.2, 0.25) is 0 Å². The average molecular weight is 340 g/mol. The van der Waals surface area contributed by atoms with E-state index >= 15 is 0 Å². The SMILES string of the molecule is CC1CN(CC(=O)NC(C)c2ccc(Br)cc2)CCN1. The second-order valence-electron chi connectivity index (χ2n) is 5.43. The first kappa shape index (κ1) is 15.5. The summed E-state index contributed by atoms with van der Waals surface area (Å²) in [6.45, 7) is 7.46. The number of rotatable bonds is 4. The highest BCUT2D eigenvalue weighted by atomic mass is 79.9. The van der Waals surface area contributed by atoms with Crippen molar-refractivity contribution in [1.82, 2.24) is 15.5 Å². The minimum Gasteiger partial charge on any atom is -0.348 e. The third-order valence-electron chi connectivity index (χ3n) is 3.57. The normalized spacial score (nSPS) is 21.4. The van der Waals surface area contributed by atoms with Gasteiger partial charge in [0.2, 0.25) is 5.91 Å². The molecule has 4 nitrogen and oxygen atoms in total. The molecule has 1 amide bonds. The second kappa shape index (κ2) is 7.20. The Labute approximate surface area is 129 Å². The fourth-order valence-corrected chi connectivity index (χ4v) is 2.75. The lowest BCUT2D eigenvalue weighted by Gasteiger charge is -2.31. The van der Waals surface area contributed by atoms with Gasteiger partial charge in [-0.1, -0.05) is 28.1 Å². The van der Waals surface area contributed by atoms with Crippen molar-refractivity contribution in [2.45, 2.75) is 25.9 Å². The minimum absolute atomic E-state index is 0.0379. The van der Waals surface area contributed by atoms with Crippen molar-refractivity contribution in [3.05, 3.63) is 34.3 Å². The van der Waals surface area contributed by atoms with E-state index in [2.05, 4.69) is 38.4 Å². The van der Waals surface area contributed by atoms with E-state index < -0.39 is 0 Å². The summed E-state index contributed by atoms with van der Waals surface area (Å²) in [6.07, 6.45) is 0. The first-order chi connectivity index (χ1) is 9.54. The molecule has 2 unspecified atom stereocenters. The molecule has 0 bridgehead atoms. The summed E-state index contributed by atoms with van der Waals surface area (Å²) in [4.78, 5) is 14.3. The fraction of sp³-hybridized carbons (Fsp3) is 0.533. The van der Waals surface area contributed by atoms with Crippen molar-refractivity contribution in [2.24, 2.45) is 0 Å². The van der Waals surface area contributed by atoms with Crippen LogP contribution >= 0.6 is 15.9 Å². The molecule has 5 heteroatoms. The summed E-state index contributed by atoms with van der Waals surface area (Å²) in [5.74, 6) is 0.0921. The molecule has 0 spiro atoms. The molecule has 1 aromatic rings. The number of hydrogen-bond donors (Lipinski definition) is 2. The number of piperazine rings is 1. The Morgan fingerprint density at radius 1 is 1.50 bits per heavy atom. The van der Waals surface area contributed by atoms with Crippen LogP contribution in [-0.2, 0) is 4.79 Å². The van der Waals surface area contributed by atoms with Gasteiger partial charge in [0.25, 0.3) is 0 Å². The molecular formula is C15H22BrN3O. The molecule has 0 aliphatic carbocycles. The molecule has 0 aromatic heterocycles. The van der Waals surface area contributed by atoms with Gasteiger partial charge >= 0.3 is 0 Å². The van der Waals surface area contributed by atoms with E-state index in [0.29, 0.717) is 12.6 Å². The molecule has 1 aromatic carbocycles. The van der Waals surface area contributed by atoms with Crippen LogP contribution in [-0.4, -0.2) is 43.0 Å². The van der Waals surface area contributed by atoms with Crippen molar-refractivity contribution in [1.29, 1.82) is 0 Å². The van der Waals surface area contributed by atoms with E-state index in [1.165, 1.54) is 0 Å². The number of carbonyl (C=O) groups excluding carboxylic acids is 1. The first-order valence-electron chi connectivity index (χ1n) is 7.05. The molecule has 1 heterocycles. The topological polar surface area (TPSA) is 44.4 Å². The first-order valence-corrected chi connectivity index (χ1v) is 7.84. The van der Waals surface area contributed by atoms with Gasteiger partial charge in [-0.2, -0.15) is 0 Å². The number of nitrogens with one attached hydrogen (secondary N) is 2. The van der Waals surface area contributed by atoms with Gasteiger partial charge in [0.15, 0.2) is 0 Å². The van der Waals surface area contributed by atoms with E-state index in [9.17, 15) is 4.79 Å². The lowest BCUT2D eigenvalue weighted by Crippen LogP contribution is -2.51. The summed E-state index contributed by atoms with van der Waals surface area (Å²) in [6, 6.07) is 8.55. The summed E-state index contributed by atoms with van der Waals surface area (Å²) in [7, 11) is 0. The Hall–Kier alpha value is -0.910. The van der Waals surface area contributed by atoms with Crippen LogP contribution in [0.15, 0.2) is 28.7 Å². The minimum atomic E-state index is 0.0379. The highest BCUT2D eigenvalue weighted by molar-refractivity contribution is 9.10. The van der Waals surface area contributed by atoms with Gasteiger partial charge in [0, 0.05) is 30.1 Å². The lowest BCUT2D eigenvalue weighted by atomic mass is 10.1. The quantitative estimate of drug-likeness (QED) is 0.880. The van der Waals surface area contributed by atoms with Crippen molar-refractivity contribution in [2.75, 3.05) is 26.2 Å². The highest BCUT2D eigenvalue weighted by Gasteiger charge is 2.18. The summed E-state index contributed by atoms with van der Waals surface area (Å²) < 4.78 is 1.05. The van der Waals surface area contributed by atoms with E-state index in [0.717, 1.165) is 29.7 Å². The summed E-state index contributed by atoms with van der Waals surface area (Å²) >= 11 is 3.42. The van der Waals surface area contributed by atoms with Gasteiger partial charge in [-0.05, 0) is 31.5 Å². The van der Waals surface area contributed by atoms with E-state index in [1.807, 2.05) is 31.2 Å². The second-order valence-corrected chi connectivity index (χ2v) is 6.35. The van der Waals surface area contributed by atoms with E-state index in [1.54, 1.807) is 0 Å². The maximum Gasteiger partial charge on any atom is 0.234 e. The van der Waals surface area contributed by atoms with Crippen molar-refractivity contribution in [3.63, 3.8) is 0 Å². The van der Waals surface area contributed by atoms with Crippen LogP contribution in [0.3, 0.4) is 0 Å². The standard InChI is InChI=1S/C15H22BrN3O/c1-11-9-19(8-7-17-11)10-15(20)18-12(2)13-3-5-14(16)6-4-13/h3-6,11-12,17H,7-10H2,1-2H3,(H,18,20). The third-order valence-corrected chi connectivity index (χ3v) is 4.10. The largest absolute Gasteiger partial charge is 0.348 e. The Bertz CT molecular complexity index is 449. The Balaban J connectivity index is 1.83. The molecule has 20 heavy (non-hydrogen) atoms. The third kappa shape index (κ3) is 4.58. The van der Waals surface area contributed by atoms with Gasteiger partial charge < -0.3 is 10.6 Å². The maximum absolute atomic E-state index is 12.1. The van der Waals surface area contributed by atoms with Gasteiger partial charge in [-0.25, -0.2) is 0 Å². The molecule has 1 saturated heterocycles. The Morgan fingerprint density at radius 3 is 2.85 bits per heavy atom. The number of benzene rings is 1. The Morgan fingerprint density at radius 2 is 2.20 bits per heavy atom. The molecule has 110 valence electrons. The molecule has 2 N–H and O–H groups in total. The molecule has 0 radical (unpaired) electrons. The maximum atomic E-state index is 12.1. The van der Waals surface area contributed by atoms with Gasteiger partial charge in [-0.3, -0.25) is 9.69 Å². The highest BCUT2D eigenvalue weighted by Crippen LogP contribution is 2.16. The monoisotopic (exact) mass is 339 g/mol. The molecule has 2 rings (SSSR count). The van der Waals surface area contributed by atoms with Crippen LogP contribution < -0.4 is 10.6 Å². The molecule has 1 aliphatic heterocycles. The van der Waals surface area contributed by atoms with Crippen LogP contribution in [0.4, 0.5) is 0 Å². The lowest BCUT2D eigenvalue weighted by molar-refractivity contribution is -0.123. The number of carbonyl (C=O) groups is 1. The van der Waals surface area contributed by atoms with Gasteiger partial charge in [-0.15, -0.1) is 0 Å². The summed E-state index contributed by atoms with van der Waals surface area (Å²) in [5.41, 5.74) is 1.12. The zero-order chi connectivity index (χ0) is 14.5. The van der Waals surface area contributed by atoms with E-state index in [-0.39, 0.29) is 11.9 Å². The van der Waals surface area contributed by atoms with Crippen LogP contribution in [0.5, 0.6) is 0 Å². The molecule has 2 atom stereocenters. The average Bonchev–Trinajstić information content (AvgIpc) is 2.39. The molecule has 1 fully saturated rings.